The van der Waals surface area contributed by atoms with E-state index in [0.717, 1.165) is 19.3 Å². The van der Waals surface area contributed by atoms with Crippen molar-refractivity contribution in [1.29, 1.82) is 0 Å². The molecule has 0 spiro atoms. The van der Waals surface area contributed by atoms with Crippen LogP contribution in [0.1, 0.15) is 67.2 Å². The van der Waals surface area contributed by atoms with Crippen molar-refractivity contribution in [3.63, 3.8) is 0 Å². The van der Waals surface area contributed by atoms with Gasteiger partial charge < -0.3 is 4.79 Å². The minimum absolute atomic E-state index is 0.0485. The van der Waals surface area contributed by atoms with Gasteiger partial charge in [-0.3, -0.25) is 0 Å². The van der Waals surface area contributed by atoms with Crippen LogP contribution in [0.2, 0.25) is 0 Å². The van der Waals surface area contributed by atoms with E-state index in [1.807, 2.05) is 18.2 Å². The lowest BCUT2D eigenvalue weighted by molar-refractivity contribution is -0.117. The van der Waals surface area contributed by atoms with Gasteiger partial charge in [-0.05, 0) is 67.7 Å². The first-order valence-electron chi connectivity index (χ1n) is 9.63. The van der Waals surface area contributed by atoms with Gasteiger partial charge in [0.1, 0.15) is 5.78 Å². The standard InChI is InChI=1S/C25H36O/c1-9-12-14-22-20(5)21(11-3)23(13-10-2)25(22,8)18-17-24(6,7)16-15-19(4)26/h9-14H,1,3,15-18H2,2,4-8H3/b13-10-,14-12-. The zero-order valence-corrected chi connectivity index (χ0v) is 17.6. The highest BCUT2D eigenvalue weighted by Crippen LogP contribution is 2.52. The van der Waals surface area contributed by atoms with Crippen LogP contribution in [0.25, 0.3) is 0 Å². The first-order chi connectivity index (χ1) is 12.1. The van der Waals surface area contributed by atoms with Gasteiger partial charge in [-0.1, -0.05) is 70.4 Å². The molecule has 0 aliphatic heterocycles. The molecule has 1 rings (SSSR count). The molecule has 26 heavy (non-hydrogen) atoms. The van der Waals surface area contributed by atoms with Gasteiger partial charge >= 0.3 is 0 Å². The lowest BCUT2D eigenvalue weighted by atomic mass is 9.69. The second kappa shape index (κ2) is 9.16. The number of hydrogen-bond donors (Lipinski definition) is 0. The predicted molar refractivity (Wildman–Crippen MR) is 115 cm³/mol. The molecule has 0 amide bonds. The number of ketones is 1. The summed E-state index contributed by atoms with van der Waals surface area (Å²) in [4.78, 5) is 11.4. The maximum absolute atomic E-state index is 11.4. The molecule has 1 nitrogen and oxygen atoms in total. The Kier molecular flexibility index (Phi) is 7.81. The number of rotatable bonds is 10. The second-order valence-corrected chi connectivity index (χ2v) is 8.36. The van der Waals surface area contributed by atoms with Gasteiger partial charge in [0.15, 0.2) is 0 Å². The van der Waals surface area contributed by atoms with Crippen molar-refractivity contribution in [2.24, 2.45) is 10.8 Å². The fraction of sp³-hybridized carbons (Fsp3) is 0.480. The Hall–Kier alpha value is -1.89. The van der Waals surface area contributed by atoms with Gasteiger partial charge in [0.2, 0.25) is 0 Å². The molecule has 1 atom stereocenters. The quantitative estimate of drug-likeness (QED) is 0.377. The van der Waals surface area contributed by atoms with E-state index in [-0.39, 0.29) is 16.6 Å². The topological polar surface area (TPSA) is 17.1 Å². The number of allylic oxidation sites excluding steroid dienone is 10. The van der Waals surface area contributed by atoms with Crippen molar-refractivity contribution >= 4 is 5.78 Å². The smallest absolute Gasteiger partial charge is 0.129 e. The Morgan fingerprint density at radius 2 is 1.81 bits per heavy atom. The molecule has 0 radical (unpaired) electrons. The summed E-state index contributed by atoms with van der Waals surface area (Å²) in [6, 6.07) is 0. The van der Waals surface area contributed by atoms with Crippen LogP contribution in [0, 0.1) is 10.8 Å². The SMILES string of the molecule is C=C/C=C\C1=C(C)C(C=C)=C(/C=C\C)C1(C)CCC(C)(C)CCC(C)=O. The molecule has 0 aromatic heterocycles. The molecule has 0 N–H and O–H groups in total. The predicted octanol–water partition coefficient (Wildman–Crippen LogP) is 7.30. The highest BCUT2D eigenvalue weighted by molar-refractivity contribution is 5.75. The second-order valence-electron chi connectivity index (χ2n) is 8.36. The van der Waals surface area contributed by atoms with Crippen molar-refractivity contribution in [3.8, 4) is 0 Å². The van der Waals surface area contributed by atoms with Crippen LogP contribution in [0.3, 0.4) is 0 Å². The van der Waals surface area contributed by atoms with Gasteiger partial charge in [-0.2, -0.15) is 0 Å². The third kappa shape index (κ3) is 5.06. The summed E-state index contributed by atoms with van der Waals surface area (Å²) in [5.41, 5.74) is 5.34. The molecule has 0 saturated heterocycles. The molecule has 0 aromatic rings. The fourth-order valence-electron chi connectivity index (χ4n) is 3.88. The van der Waals surface area contributed by atoms with Crippen LogP contribution < -0.4 is 0 Å². The third-order valence-electron chi connectivity index (χ3n) is 5.68. The van der Waals surface area contributed by atoms with E-state index in [9.17, 15) is 4.79 Å². The Morgan fingerprint density at radius 1 is 1.15 bits per heavy atom. The Labute approximate surface area is 161 Å². The summed E-state index contributed by atoms with van der Waals surface area (Å²) in [5, 5.41) is 0. The fourth-order valence-corrected chi connectivity index (χ4v) is 3.88. The van der Waals surface area contributed by atoms with E-state index in [1.165, 1.54) is 22.3 Å². The summed E-state index contributed by atoms with van der Waals surface area (Å²) >= 11 is 0. The molecule has 1 aliphatic carbocycles. The Morgan fingerprint density at radius 3 is 2.31 bits per heavy atom. The molecule has 0 saturated carbocycles. The summed E-state index contributed by atoms with van der Waals surface area (Å²) in [6.45, 7) is 20.7. The van der Waals surface area contributed by atoms with E-state index in [2.05, 4.69) is 66.0 Å². The lowest BCUT2D eigenvalue weighted by Gasteiger charge is -2.34. The molecule has 0 fully saturated rings. The van der Waals surface area contributed by atoms with Gasteiger partial charge in [0, 0.05) is 11.8 Å². The van der Waals surface area contributed by atoms with Crippen molar-refractivity contribution in [2.75, 3.05) is 0 Å². The van der Waals surface area contributed by atoms with Crippen LogP contribution in [-0.2, 0) is 4.79 Å². The van der Waals surface area contributed by atoms with Gasteiger partial charge in [-0.15, -0.1) is 0 Å². The molecule has 0 aromatic carbocycles. The van der Waals surface area contributed by atoms with Crippen molar-refractivity contribution < 1.29 is 4.79 Å². The zero-order valence-electron chi connectivity index (χ0n) is 17.6. The minimum Gasteiger partial charge on any atom is -0.300 e. The first-order valence-corrected chi connectivity index (χ1v) is 9.63. The van der Waals surface area contributed by atoms with Crippen LogP contribution in [-0.4, -0.2) is 5.78 Å². The number of Topliss-reactive ketones (excluding diaryl/α,β-unsaturated/α-hetero) is 1. The largest absolute Gasteiger partial charge is 0.300 e. The van der Waals surface area contributed by atoms with Crippen molar-refractivity contribution in [2.45, 2.75) is 67.2 Å². The highest BCUT2D eigenvalue weighted by atomic mass is 16.1. The molecule has 0 heterocycles. The van der Waals surface area contributed by atoms with E-state index in [4.69, 9.17) is 0 Å². The molecule has 1 aliphatic rings. The van der Waals surface area contributed by atoms with E-state index in [1.54, 1.807) is 6.92 Å². The minimum atomic E-state index is -0.0485. The van der Waals surface area contributed by atoms with Gasteiger partial charge in [-0.25, -0.2) is 0 Å². The molecule has 142 valence electrons. The highest BCUT2D eigenvalue weighted by Gasteiger charge is 2.39. The monoisotopic (exact) mass is 352 g/mol. The lowest BCUT2D eigenvalue weighted by Crippen LogP contribution is -2.23. The van der Waals surface area contributed by atoms with Crippen molar-refractivity contribution in [1.82, 2.24) is 0 Å². The summed E-state index contributed by atoms with van der Waals surface area (Å²) in [6.07, 6.45) is 16.1. The molecule has 1 heteroatoms. The third-order valence-corrected chi connectivity index (χ3v) is 5.68. The van der Waals surface area contributed by atoms with Crippen LogP contribution in [0.15, 0.2) is 71.9 Å². The maximum Gasteiger partial charge on any atom is 0.129 e. The van der Waals surface area contributed by atoms with Crippen LogP contribution in [0.4, 0.5) is 0 Å². The van der Waals surface area contributed by atoms with Crippen LogP contribution >= 0.6 is 0 Å². The Bertz CT molecular complexity index is 679. The summed E-state index contributed by atoms with van der Waals surface area (Å²) in [5.74, 6) is 0.277. The number of carbonyl (C=O) groups excluding carboxylic acids is 1. The molecule has 0 bridgehead atoms. The van der Waals surface area contributed by atoms with E-state index >= 15 is 0 Å². The van der Waals surface area contributed by atoms with Gasteiger partial charge in [0.05, 0.1) is 0 Å². The number of hydrogen-bond acceptors (Lipinski definition) is 1. The average Bonchev–Trinajstić information content (AvgIpc) is 2.77. The zero-order chi connectivity index (χ0) is 20.0. The average molecular weight is 353 g/mol. The van der Waals surface area contributed by atoms with E-state index < -0.39 is 0 Å². The van der Waals surface area contributed by atoms with Crippen LogP contribution in [0.5, 0.6) is 0 Å². The first kappa shape index (κ1) is 22.2. The molecular weight excluding hydrogens is 316 g/mol. The normalized spacial score (nSPS) is 21.3. The molecule has 1 unspecified atom stereocenters. The Balaban J connectivity index is 3.24. The van der Waals surface area contributed by atoms with E-state index in [0.29, 0.717) is 6.42 Å². The molecular formula is C25H36O. The number of carbonyl (C=O) groups is 1. The summed E-state index contributed by atoms with van der Waals surface area (Å²) < 4.78 is 0. The summed E-state index contributed by atoms with van der Waals surface area (Å²) in [7, 11) is 0. The van der Waals surface area contributed by atoms with Crippen molar-refractivity contribution in [3.05, 3.63) is 71.9 Å². The van der Waals surface area contributed by atoms with Gasteiger partial charge in [0.25, 0.3) is 0 Å². The maximum atomic E-state index is 11.4.